The predicted octanol–water partition coefficient (Wildman–Crippen LogP) is -0.477. The summed E-state index contributed by atoms with van der Waals surface area (Å²) in [5, 5.41) is 2.00. The molecule has 0 heterocycles. The van der Waals surface area contributed by atoms with Crippen molar-refractivity contribution in [2.75, 3.05) is 20.6 Å². The number of primary amides is 1. The third kappa shape index (κ3) is 7.01. The summed E-state index contributed by atoms with van der Waals surface area (Å²) < 4.78 is 0. The summed E-state index contributed by atoms with van der Waals surface area (Å²) >= 11 is 0. The van der Waals surface area contributed by atoms with Crippen molar-refractivity contribution in [3.8, 4) is 0 Å². The van der Waals surface area contributed by atoms with E-state index in [9.17, 15) is 9.59 Å². The second-order valence-corrected chi connectivity index (χ2v) is 2.82. The zero-order valence-electron chi connectivity index (χ0n) is 7.46. The number of urea groups is 1. The van der Waals surface area contributed by atoms with Crippen LogP contribution in [0.4, 0.5) is 4.79 Å². The number of hydrogen-bond donors (Lipinski definition) is 2. The summed E-state index contributed by atoms with van der Waals surface area (Å²) in [6.45, 7) is 0.826. The van der Waals surface area contributed by atoms with Gasteiger partial charge in [0.1, 0.15) is 0 Å². The van der Waals surface area contributed by atoms with Gasteiger partial charge in [0, 0.05) is 6.42 Å². The highest BCUT2D eigenvalue weighted by molar-refractivity contribution is 5.93. The lowest BCUT2D eigenvalue weighted by atomic mass is 10.3. The lowest BCUT2D eigenvalue weighted by Gasteiger charge is -2.07. The van der Waals surface area contributed by atoms with Gasteiger partial charge >= 0.3 is 6.03 Å². The van der Waals surface area contributed by atoms with Crippen molar-refractivity contribution in [3.63, 3.8) is 0 Å². The molecule has 0 fully saturated rings. The number of nitrogens with one attached hydrogen (secondary N) is 1. The summed E-state index contributed by atoms with van der Waals surface area (Å²) in [6.07, 6.45) is 1.06. The number of nitrogens with zero attached hydrogens (tertiary/aromatic N) is 1. The lowest BCUT2D eigenvalue weighted by Crippen LogP contribution is -2.35. The molecule has 0 saturated carbocycles. The SMILES string of the molecule is CN(C)CCCC(=O)NC(N)=O. The first-order valence-electron chi connectivity index (χ1n) is 3.76. The summed E-state index contributed by atoms with van der Waals surface area (Å²) in [4.78, 5) is 23.0. The van der Waals surface area contributed by atoms with Crippen LogP contribution in [0.5, 0.6) is 0 Å². The largest absolute Gasteiger partial charge is 0.351 e. The van der Waals surface area contributed by atoms with Crippen LogP contribution in [-0.2, 0) is 4.79 Å². The number of hydrogen-bond acceptors (Lipinski definition) is 3. The second-order valence-electron chi connectivity index (χ2n) is 2.82. The first kappa shape index (κ1) is 10.9. The molecular formula is C7H15N3O2. The fourth-order valence-corrected chi connectivity index (χ4v) is 0.756. The summed E-state index contributed by atoms with van der Waals surface area (Å²) in [6, 6.07) is -0.787. The summed E-state index contributed by atoms with van der Waals surface area (Å²) in [7, 11) is 3.85. The van der Waals surface area contributed by atoms with Crippen LogP contribution in [0.2, 0.25) is 0 Å². The third-order valence-electron chi connectivity index (χ3n) is 1.27. The molecule has 0 aliphatic rings. The van der Waals surface area contributed by atoms with Gasteiger partial charge in [0.25, 0.3) is 0 Å². The molecule has 0 bridgehead atoms. The Hall–Kier alpha value is -1.10. The van der Waals surface area contributed by atoms with Gasteiger partial charge in [-0.25, -0.2) is 4.79 Å². The highest BCUT2D eigenvalue weighted by Gasteiger charge is 2.02. The highest BCUT2D eigenvalue weighted by atomic mass is 16.2. The van der Waals surface area contributed by atoms with E-state index >= 15 is 0 Å². The van der Waals surface area contributed by atoms with E-state index < -0.39 is 6.03 Å². The molecule has 3 amide bonds. The predicted molar refractivity (Wildman–Crippen MR) is 45.5 cm³/mol. The molecule has 0 unspecified atom stereocenters. The molecule has 5 nitrogen and oxygen atoms in total. The molecule has 0 aromatic carbocycles. The Morgan fingerprint density at radius 2 is 2.00 bits per heavy atom. The number of carbonyl (C=O) groups is 2. The Balaban J connectivity index is 3.38. The average molecular weight is 173 g/mol. The van der Waals surface area contributed by atoms with Crippen LogP contribution in [0.25, 0.3) is 0 Å². The van der Waals surface area contributed by atoms with Gasteiger partial charge in [-0.3, -0.25) is 10.1 Å². The van der Waals surface area contributed by atoms with E-state index in [1.807, 2.05) is 24.3 Å². The monoisotopic (exact) mass is 173 g/mol. The Labute approximate surface area is 71.9 Å². The third-order valence-corrected chi connectivity index (χ3v) is 1.27. The topological polar surface area (TPSA) is 75.4 Å². The van der Waals surface area contributed by atoms with Crippen LogP contribution in [0.3, 0.4) is 0 Å². The van der Waals surface area contributed by atoms with Crippen LogP contribution < -0.4 is 11.1 Å². The van der Waals surface area contributed by atoms with Gasteiger partial charge in [-0.2, -0.15) is 0 Å². The Morgan fingerprint density at radius 1 is 1.42 bits per heavy atom. The van der Waals surface area contributed by atoms with Crippen LogP contribution in [0, 0.1) is 0 Å². The van der Waals surface area contributed by atoms with E-state index in [2.05, 4.69) is 0 Å². The Morgan fingerprint density at radius 3 is 2.42 bits per heavy atom. The number of imide groups is 1. The van der Waals surface area contributed by atoms with E-state index in [1.54, 1.807) is 0 Å². The van der Waals surface area contributed by atoms with Crippen LogP contribution >= 0.6 is 0 Å². The van der Waals surface area contributed by atoms with Crippen molar-refractivity contribution >= 4 is 11.9 Å². The molecule has 12 heavy (non-hydrogen) atoms. The van der Waals surface area contributed by atoms with Crippen molar-refractivity contribution in [2.24, 2.45) is 5.73 Å². The van der Waals surface area contributed by atoms with Gasteiger partial charge in [0.15, 0.2) is 0 Å². The molecule has 70 valence electrons. The van der Waals surface area contributed by atoms with Crippen LogP contribution in [-0.4, -0.2) is 37.5 Å². The molecule has 5 heteroatoms. The van der Waals surface area contributed by atoms with Crippen LogP contribution in [0.15, 0.2) is 0 Å². The van der Waals surface area contributed by atoms with E-state index in [4.69, 9.17) is 5.73 Å². The number of amides is 3. The smallest absolute Gasteiger partial charge is 0.318 e. The average Bonchev–Trinajstić information content (AvgIpc) is 1.84. The Bertz CT molecular complexity index is 168. The van der Waals surface area contributed by atoms with E-state index in [0.717, 1.165) is 13.0 Å². The lowest BCUT2D eigenvalue weighted by molar-refractivity contribution is -0.120. The van der Waals surface area contributed by atoms with E-state index in [0.29, 0.717) is 6.42 Å². The van der Waals surface area contributed by atoms with Gasteiger partial charge in [-0.1, -0.05) is 0 Å². The zero-order valence-corrected chi connectivity index (χ0v) is 7.46. The maximum Gasteiger partial charge on any atom is 0.318 e. The minimum absolute atomic E-state index is 0.315. The molecule has 3 N–H and O–H groups in total. The van der Waals surface area contributed by atoms with Gasteiger partial charge in [-0.15, -0.1) is 0 Å². The standard InChI is InChI=1S/C7H15N3O2/c1-10(2)5-3-4-6(11)9-7(8)12/h3-5H2,1-2H3,(H3,8,9,11,12). The van der Waals surface area contributed by atoms with Crippen molar-refractivity contribution in [2.45, 2.75) is 12.8 Å². The summed E-state index contributed by atoms with van der Waals surface area (Å²) in [5.41, 5.74) is 4.74. The van der Waals surface area contributed by atoms with E-state index in [-0.39, 0.29) is 5.91 Å². The van der Waals surface area contributed by atoms with Gasteiger partial charge < -0.3 is 10.6 Å². The molecule has 0 aromatic rings. The molecule has 0 aromatic heterocycles. The first-order chi connectivity index (χ1) is 5.52. The van der Waals surface area contributed by atoms with Crippen molar-refractivity contribution in [3.05, 3.63) is 0 Å². The van der Waals surface area contributed by atoms with E-state index in [1.165, 1.54) is 0 Å². The second kappa shape index (κ2) is 5.54. The minimum Gasteiger partial charge on any atom is -0.351 e. The van der Waals surface area contributed by atoms with Gasteiger partial charge in [0.05, 0.1) is 0 Å². The number of nitrogens with two attached hydrogens (primary N) is 1. The molecule has 0 aliphatic heterocycles. The molecule has 0 saturated heterocycles. The fraction of sp³-hybridized carbons (Fsp3) is 0.714. The molecular weight excluding hydrogens is 158 g/mol. The summed E-state index contributed by atoms with van der Waals surface area (Å²) in [5.74, 6) is -0.315. The van der Waals surface area contributed by atoms with Gasteiger partial charge in [0.2, 0.25) is 5.91 Å². The zero-order chi connectivity index (χ0) is 9.56. The number of rotatable bonds is 4. The molecule has 0 atom stereocenters. The normalized spacial score (nSPS) is 9.92. The fourth-order valence-electron chi connectivity index (χ4n) is 0.756. The van der Waals surface area contributed by atoms with Crippen molar-refractivity contribution in [1.29, 1.82) is 0 Å². The molecule has 0 spiro atoms. The highest BCUT2D eigenvalue weighted by Crippen LogP contribution is 1.89. The first-order valence-corrected chi connectivity index (χ1v) is 3.76. The molecule has 0 aliphatic carbocycles. The molecule has 0 radical (unpaired) electrons. The Kier molecular flexibility index (Phi) is 5.03. The van der Waals surface area contributed by atoms with Crippen LogP contribution in [0.1, 0.15) is 12.8 Å². The minimum atomic E-state index is -0.787. The maximum absolute atomic E-state index is 10.8. The quantitative estimate of drug-likeness (QED) is 0.603. The molecule has 0 rings (SSSR count). The van der Waals surface area contributed by atoms with Gasteiger partial charge in [-0.05, 0) is 27.1 Å². The van der Waals surface area contributed by atoms with Crippen molar-refractivity contribution < 1.29 is 9.59 Å². The number of carbonyl (C=O) groups excluding carboxylic acids is 2. The van der Waals surface area contributed by atoms with Crippen molar-refractivity contribution in [1.82, 2.24) is 10.2 Å². The maximum atomic E-state index is 10.8.